The van der Waals surface area contributed by atoms with Crippen molar-refractivity contribution < 1.29 is 4.79 Å². The molecular formula is C18H22N4O. The van der Waals surface area contributed by atoms with Gasteiger partial charge in [0.2, 0.25) is 0 Å². The molecule has 0 unspecified atom stereocenters. The van der Waals surface area contributed by atoms with E-state index in [1.165, 1.54) is 18.4 Å². The molecule has 2 aromatic rings. The van der Waals surface area contributed by atoms with E-state index in [0.717, 1.165) is 31.0 Å². The quantitative estimate of drug-likeness (QED) is 0.942. The molecule has 0 radical (unpaired) electrons. The van der Waals surface area contributed by atoms with E-state index in [4.69, 9.17) is 0 Å². The SMILES string of the molecule is CCc1ccc(NC(=O)c2cc(N3CCCC3)nc(C)n2)cc1. The Morgan fingerprint density at radius 2 is 1.87 bits per heavy atom. The molecule has 1 amide bonds. The van der Waals surface area contributed by atoms with Gasteiger partial charge >= 0.3 is 0 Å². The summed E-state index contributed by atoms with van der Waals surface area (Å²) in [6, 6.07) is 9.68. The minimum atomic E-state index is -0.194. The molecule has 1 fully saturated rings. The first-order chi connectivity index (χ1) is 11.2. The van der Waals surface area contributed by atoms with Crippen molar-refractivity contribution in [3.05, 3.63) is 47.4 Å². The monoisotopic (exact) mass is 310 g/mol. The van der Waals surface area contributed by atoms with E-state index in [2.05, 4.69) is 27.1 Å². The molecule has 120 valence electrons. The van der Waals surface area contributed by atoms with Gasteiger partial charge in [0, 0.05) is 24.8 Å². The highest BCUT2D eigenvalue weighted by atomic mass is 16.1. The van der Waals surface area contributed by atoms with Gasteiger partial charge in [0.25, 0.3) is 5.91 Å². The van der Waals surface area contributed by atoms with Crippen molar-refractivity contribution in [1.29, 1.82) is 0 Å². The third-order valence-electron chi connectivity index (χ3n) is 4.11. The molecule has 1 aliphatic rings. The Labute approximate surface area is 136 Å². The molecule has 0 spiro atoms. The van der Waals surface area contributed by atoms with Crippen LogP contribution in [-0.2, 0) is 6.42 Å². The first-order valence-electron chi connectivity index (χ1n) is 8.16. The van der Waals surface area contributed by atoms with Crippen LogP contribution < -0.4 is 10.2 Å². The maximum atomic E-state index is 12.5. The van der Waals surface area contributed by atoms with Crippen LogP contribution in [0.25, 0.3) is 0 Å². The lowest BCUT2D eigenvalue weighted by Gasteiger charge is -2.17. The van der Waals surface area contributed by atoms with Crippen LogP contribution >= 0.6 is 0 Å². The molecule has 0 saturated carbocycles. The second-order valence-corrected chi connectivity index (χ2v) is 5.86. The lowest BCUT2D eigenvalue weighted by molar-refractivity contribution is 0.102. The van der Waals surface area contributed by atoms with Crippen LogP contribution in [0.1, 0.15) is 41.6 Å². The number of aryl methyl sites for hydroxylation is 2. The Morgan fingerprint density at radius 3 is 2.52 bits per heavy atom. The summed E-state index contributed by atoms with van der Waals surface area (Å²) in [4.78, 5) is 23.4. The number of aromatic nitrogens is 2. The summed E-state index contributed by atoms with van der Waals surface area (Å²) in [7, 11) is 0. The number of hydrogen-bond acceptors (Lipinski definition) is 4. The Kier molecular flexibility index (Phi) is 4.55. The summed E-state index contributed by atoms with van der Waals surface area (Å²) >= 11 is 0. The molecule has 3 rings (SSSR count). The summed E-state index contributed by atoms with van der Waals surface area (Å²) in [5.74, 6) is 1.28. The van der Waals surface area contributed by atoms with Crippen LogP contribution in [0.3, 0.4) is 0 Å². The van der Waals surface area contributed by atoms with Gasteiger partial charge in [-0.1, -0.05) is 19.1 Å². The molecule has 1 aromatic heterocycles. The van der Waals surface area contributed by atoms with Crippen LogP contribution in [-0.4, -0.2) is 29.0 Å². The van der Waals surface area contributed by atoms with Crippen molar-refractivity contribution in [2.45, 2.75) is 33.1 Å². The average molecular weight is 310 g/mol. The van der Waals surface area contributed by atoms with Gasteiger partial charge in [0.15, 0.2) is 0 Å². The fraction of sp³-hybridized carbons (Fsp3) is 0.389. The lowest BCUT2D eigenvalue weighted by Crippen LogP contribution is -2.22. The van der Waals surface area contributed by atoms with Crippen LogP contribution in [0.15, 0.2) is 30.3 Å². The zero-order valence-electron chi connectivity index (χ0n) is 13.7. The van der Waals surface area contributed by atoms with E-state index in [1.807, 2.05) is 31.2 Å². The number of benzene rings is 1. The first-order valence-corrected chi connectivity index (χ1v) is 8.16. The topological polar surface area (TPSA) is 58.1 Å². The van der Waals surface area contributed by atoms with Crippen molar-refractivity contribution in [3.8, 4) is 0 Å². The van der Waals surface area contributed by atoms with Gasteiger partial charge in [-0.2, -0.15) is 0 Å². The molecule has 1 N–H and O–H groups in total. The summed E-state index contributed by atoms with van der Waals surface area (Å²) < 4.78 is 0. The van der Waals surface area contributed by atoms with Crippen LogP contribution in [0, 0.1) is 6.92 Å². The minimum Gasteiger partial charge on any atom is -0.356 e. The third kappa shape index (κ3) is 3.67. The second-order valence-electron chi connectivity index (χ2n) is 5.86. The van der Waals surface area contributed by atoms with Gasteiger partial charge in [-0.05, 0) is 43.9 Å². The number of rotatable bonds is 4. The van der Waals surface area contributed by atoms with E-state index < -0.39 is 0 Å². The maximum absolute atomic E-state index is 12.5. The maximum Gasteiger partial charge on any atom is 0.274 e. The Bertz CT molecular complexity index is 691. The van der Waals surface area contributed by atoms with Crippen LogP contribution in [0.5, 0.6) is 0 Å². The Morgan fingerprint density at radius 1 is 1.17 bits per heavy atom. The highest BCUT2D eigenvalue weighted by Crippen LogP contribution is 2.19. The summed E-state index contributed by atoms with van der Waals surface area (Å²) in [5, 5.41) is 2.91. The van der Waals surface area contributed by atoms with Crippen molar-refractivity contribution in [1.82, 2.24) is 9.97 Å². The molecule has 2 heterocycles. The third-order valence-corrected chi connectivity index (χ3v) is 4.11. The zero-order valence-corrected chi connectivity index (χ0v) is 13.7. The molecule has 23 heavy (non-hydrogen) atoms. The highest BCUT2D eigenvalue weighted by Gasteiger charge is 2.17. The fourth-order valence-electron chi connectivity index (χ4n) is 2.80. The smallest absolute Gasteiger partial charge is 0.274 e. The highest BCUT2D eigenvalue weighted by molar-refractivity contribution is 6.03. The van der Waals surface area contributed by atoms with E-state index in [-0.39, 0.29) is 5.91 Å². The molecule has 1 aromatic carbocycles. The zero-order chi connectivity index (χ0) is 16.2. The second kappa shape index (κ2) is 6.77. The number of hydrogen-bond donors (Lipinski definition) is 1. The predicted octanol–water partition coefficient (Wildman–Crippen LogP) is 3.20. The van der Waals surface area contributed by atoms with Crippen molar-refractivity contribution in [2.75, 3.05) is 23.3 Å². The number of amides is 1. The number of nitrogens with zero attached hydrogens (tertiary/aromatic N) is 3. The fourth-order valence-corrected chi connectivity index (χ4v) is 2.80. The Balaban J connectivity index is 1.78. The summed E-state index contributed by atoms with van der Waals surface area (Å²) in [6.45, 7) is 5.93. The minimum absolute atomic E-state index is 0.194. The van der Waals surface area contributed by atoms with E-state index in [1.54, 1.807) is 6.07 Å². The average Bonchev–Trinajstić information content (AvgIpc) is 3.09. The molecule has 0 bridgehead atoms. The van der Waals surface area contributed by atoms with Crippen LogP contribution in [0.4, 0.5) is 11.5 Å². The molecule has 1 saturated heterocycles. The van der Waals surface area contributed by atoms with E-state index in [0.29, 0.717) is 11.5 Å². The molecular weight excluding hydrogens is 288 g/mol. The van der Waals surface area contributed by atoms with Gasteiger partial charge < -0.3 is 10.2 Å². The summed E-state index contributed by atoms with van der Waals surface area (Å²) in [5.41, 5.74) is 2.45. The molecule has 5 nitrogen and oxygen atoms in total. The van der Waals surface area contributed by atoms with Crippen LogP contribution in [0.2, 0.25) is 0 Å². The molecule has 0 atom stereocenters. The van der Waals surface area contributed by atoms with Gasteiger partial charge in [-0.25, -0.2) is 9.97 Å². The van der Waals surface area contributed by atoms with Gasteiger partial charge in [0.1, 0.15) is 17.3 Å². The normalized spacial score (nSPS) is 14.1. The number of carbonyl (C=O) groups is 1. The van der Waals surface area contributed by atoms with E-state index in [9.17, 15) is 4.79 Å². The number of nitrogens with one attached hydrogen (secondary N) is 1. The van der Waals surface area contributed by atoms with Crippen molar-refractivity contribution >= 4 is 17.4 Å². The Hall–Kier alpha value is -2.43. The predicted molar refractivity (Wildman–Crippen MR) is 92.0 cm³/mol. The lowest BCUT2D eigenvalue weighted by atomic mass is 10.1. The summed E-state index contributed by atoms with van der Waals surface area (Å²) in [6.07, 6.45) is 3.33. The largest absolute Gasteiger partial charge is 0.356 e. The van der Waals surface area contributed by atoms with Gasteiger partial charge in [0.05, 0.1) is 0 Å². The number of anilines is 2. The number of carbonyl (C=O) groups excluding carboxylic acids is 1. The standard InChI is InChI=1S/C18H22N4O/c1-3-14-6-8-15(9-7-14)21-18(23)16-12-17(20-13(2)19-16)22-10-4-5-11-22/h6-9,12H,3-5,10-11H2,1-2H3,(H,21,23). The van der Waals surface area contributed by atoms with Crippen molar-refractivity contribution in [3.63, 3.8) is 0 Å². The van der Waals surface area contributed by atoms with E-state index >= 15 is 0 Å². The first kappa shape index (κ1) is 15.5. The van der Waals surface area contributed by atoms with Gasteiger partial charge in [-0.3, -0.25) is 4.79 Å². The van der Waals surface area contributed by atoms with Gasteiger partial charge in [-0.15, -0.1) is 0 Å². The molecule has 0 aliphatic carbocycles. The molecule has 5 heteroatoms. The molecule has 1 aliphatic heterocycles. The van der Waals surface area contributed by atoms with Crippen molar-refractivity contribution in [2.24, 2.45) is 0 Å².